The van der Waals surface area contributed by atoms with Crippen LogP contribution in [0.25, 0.3) is 0 Å². The number of halogens is 4. The molecule has 1 aromatic rings. The van der Waals surface area contributed by atoms with E-state index in [1.807, 2.05) is 0 Å². The number of hydrogen-bond acceptors (Lipinski definition) is 6. The van der Waals surface area contributed by atoms with Crippen molar-refractivity contribution >= 4 is 19.7 Å². The van der Waals surface area contributed by atoms with Gasteiger partial charge in [-0.15, -0.1) is 0 Å². The maximum absolute atomic E-state index is 14.5. The Morgan fingerprint density at radius 1 is 0.667 bits per heavy atom. The second kappa shape index (κ2) is 9.09. The van der Waals surface area contributed by atoms with Crippen molar-refractivity contribution < 1.29 is 43.9 Å². The van der Waals surface area contributed by atoms with Crippen molar-refractivity contribution in [2.45, 2.75) is 60.5 Å². The SMILES string of the molecule is O=S(=O)(CCC1CCCO1)c1c(F)c(F)c(S(=O)(=O)CCC2CCCO2)c(F)c1F. The quantitative estimate of drug-likeness (QED) is 0.425. The van der Waals surface area contributed by atoms with E-state index in [9.17, 15) is 34.4 Å². The summed E-state index contributed by atoms with van der Waals surface area (Å²) >= 11 is 0. The molecule has 3 rings (SSSR count). The van der Waals surface area contributed by atoms with Crippen LogP contribution >= 0.6 is 0 Å². The van der Waals surface area contributed by atoms with Crippen LogP contribution in [-0.2, 0) is 29.1 Å². The lowest BCUT2D eigenvalue weighted by Crippen LogP contribution is -2.22. The van der Waals surface area contributed by atoms with Crippen molar-refractivity contribution in [3.05, 3.63) is 23.3 Å². The Balaban J connectivity index is 1.90. The van der Waals surface area contributed by atoms with Gasteiger partial charge in [0.05, 0.1) is 23.7 Å². The van der Waals surface area contributed by atoms with Gasteiger partial charge >= 0.3 is 0 Å². The van der Waals surface area contributed by atoms with Gasteiger partial charge < -0.3 is 9.47 Å². The van der Waals surface area contributed by atoms with Gasteiger partial charge in [-0.05, 0) is 38.5 Å². The summed E-state index contributed by atoms with van der Waals surface area (Å²) < 4.78 is 118. The molecule has 2 aliphatic heterocycles. The molecule has 6 nitrogen and oxygen atoms in total. The zero-order valence-electron chi connectivity index (χ0n) is 16.0. The predicted molar refractivity (Wildman–Crippen MR) is 97.6 cm³/mol. The number of ether oxygens (including phenoxy) is 2. The molecule has 0 radical (unpaired) electrons. The van der Waals surface area contributed by atoms with Crippen molar-refractivity contribution in [3.63, 3.8) is 0 Å². The van der Waals surface area contributed by atoms with Crippen LogP contribution in [0.1, 0.15) is 38.5 Å². The largest absolute Gasteiger partial charge is 0.378 e. The van der Waals surface area contributed by atoms with Gasteiger partial charge in [0.25, 0.3) is 0 Å². The third-order valence-corrected chi connectivity index (χ3v) is 8.78. The Morgan fingerprint density at radius 3 is 1.27 bits per heavy atom. The Kier molecular flexibility index (Phi) is 7.10. The van der Waals surface area contributed by atoms with E-state index < -0.39 is 76.4 Å². The third kappa shape index (κ3) is 4.81. The third-order valence-electron chi connectivity index (χ3n) is 5.27. The molecule has 2 heterocycles. The van der Waals surface area contributed by atoms with Crippen molar-refractivity contribution in [1.82, 2.24) is 0 Å². The van der Waals surface area contributed by atoms with E-state index in [-0.39, 0.29) is 12.8 Å². The van der Waals surface area contributed by atoms with Gasteiger partial charge in [-0.3, -0.25) is 0 Å². The topological polar surface area (TPSA) is 86.7 Å². The smallest absolute Gasteiger partial charge is 0.184 e. The molecule has 0 saturated carbocycles. The van der Waals surface area contributed by atoms with Crippen LogP contribution in [0.4, 0.5) is 17.6 Å². The molecule has 12 heteroatoms. The van der Waals surface area contributed by atoms with Crippen molar-refractivity contribution in [1.29, 1.82) is 0 Å². The van der Waals surface area contributed by atoms with Crippen LogP contribution in [0.5, 0.6) is 0 Å². The Hall–Kier alpha value is -1.24. The summed E-state index contributed by atoms with van der Waals surface area (Å²) in [5.41, 5.74) is 0. The van der Waals surface area contributed by atoms with E-state index in [0.717, 1.165) is 0 Å². The molecule has 0 N–H and O–H groups in total. The lowest BCUT2D eigenvalue weighted by molar-refractivity contribution is 0.108. The highest BCUT2D eigenvalue weighted by Gasteiger charge is 2.38. The fraction of sp³-hybridized carbons (Fsp3) is 0.667. The summed E-state index contributed by atoms with van der Waals surface area (Å²) in [6.45, 7) is 0.851. The molecular formula is C18H22F4O6S2. The van der Waals surface area contributed by atoms with E-state index in [2.05, 4.69) is 0 Å². The maximum atomic E-state index is 14.5. The Morgan fingerprint density at radius 2 is 1.00 bits per heavy atom. The van der Waals surface area contributed by atoms with Crippen LogP contribution in [0.15, 0.2) is 9.79 Å². The summed E-state index contributed by atoms with van der Waals surface area (Å²) in [5, 5.41) is 0. The van der Waals surface area contributed by atoms with E-state index in [1.54, 1.807) is 0 Å². The summed E-state index contributed by atoms with van der Waals surface area (Å²) in [7, 11) is -9.53. The lowest BCUT2D eigenvalue weighted by Gasteiger charge is -2.15. The second-order valence-corrected chi connectivity index (χ2v) is 11.5. The van der Waals surface area contributed by atoms with Crippen molar-refractivity contribution in [2.24, 2.45) is 0 Å². The highest BCUT2D eigenvalue weighted by atomic mass is 32.2. The zero-order valence-corrected chi connectivity index (χ0v) is 17.6. The van der Waals surface area contributed by atoms with E-state index >= 15 is 0 Å². The standard InChI is InChI=1S/C18H22F4O6S2/c19-13-15(21)18(30(25,26)10-6-12-4-2-8-28-12)16(22)14(20)17(13)29(23,24)9-5-11-3-1-7-27-11/h11-12H,1-10H2. The molecule has 2 fully saturated rings. The highest BCUT2D eigenvalue weighted by molar-refractivity contribution is 7.92. The minimum Gasteiger partial charge on any atom is -0.378 e. The highest BCUT2D eigenvalue weighted by Crippen LogP contribution is 2.33. The fourth-order valence-electron chi connectivity index (χ4n) is 3.66. The summed E-state index contributed by atoms with van der Waals surface area (Å²) in [6.07, 6.45) is 1.45. The maximum Gasteiger partial charge on any atom is 0.184 e. The molecule has 1 aromatic carbocycles. The van der Waals surface area contributed by atoms with Crippen LogP contribution < -0.4 is 0 Å². The second-order valence-electron chi connectivity index (χ2n) is 7.40. The minimum absolute atomic E-state index is 0.105. The molecule has 0 aromatic heterocycles. The molecule has 0 spiro atoms. The van der Waals surface area contributed by atoms with Gasteiger partial charge in [0.2, 0.25) is 0 Å². The van der Waals surface area contributed by atoms with Crippen LogP contribution in [0.2, 0.25) is 0 Å². The zero-order chi connectivity index (χ0) is 22.1. The van der Waals surface area contributed by atoms with Gasteiger partial charge in [-0.2, -0.15) is 0 Å². The molecule has 30 heavy (non-hydrogen) atoms. The number of sulfone groups is 2. The number of benzene rings is 1. The van der Waals surface area contributed by atoms with Crippen LogP contribution in [0.3, 0.4) is 0 Å². The summed E-state index contributed by atoms with van der Waals surface area (Å²) in [5.74, 6) is -10.5. The molecule has 0 bridgehead atoms. The van der Waals surface area contributed by atoms with E-state index in [4.69, 9.17) is 9.47 Å². The average Bonchev–Trinajstić information content (AvgIpc) is 3.37. The fourth-order valence-corrected chi connectivity index (χ4v) is 6.66. The number of rotatable bonds is 8. The first-order valence-electron chi connectivity index (χ1n) is 9.59. The summed E-state index contributed by atoms with van der Waals surface area (Å²) in [6, 6.07) is 0. The lowest BCUT2D eigenvalue weighted by atomic mass is 10.2. The predicted octanol–water partition coefficient (Wildman–Crippen LogP) is 2.93. The van der Waals surface area contributed by atoms with Crippen LogP contribution in [0, 0.1) is 23.3 Å². The van der Waals surface area contributed by atoms with Gasteiger partial charge in [0.15, 0.2) is 42.9 Å². The first-order valence-corrected chi connectivity index (χ1v) is 12.9. The first kappa shape index (κ1) is 23.4. The summed E-state index contributed by atoms with van der Waals surface area (Å²) in [4.78, 5) is -3.60. The average molecular weight is 474 g/mol. The molecule has 2 aliphatic rings. The van der Waals surface area contributed by atoms with Crippen molar-refractivity contribution in [3.8, 4) is 0 Å². The first-order chi connectivity index (χ1) is 14.0. The van der Waals surface area contributed by atoms with E-state index in [1.165, 1.54) is 0 Å². The van der Waals surface area contributed by atoms with Gasteiger partial charge in [0.1, 0.15) is 9.79 Å². The molecule has 2 unspecified atom stereocenters. The number of hydrogen-bond donors (Lipinski definition) is 0. The van der Waals surface area contributed by atoms with Gasteiger partial charge in [0, 0.05) is 13.2 Å². The molecule has 2 saturated heterocycles. The minimum atomic E-state index is -4.77. The normalized spacial score (nSPS) is 22.7. The molecule has 0 amide bonds. The Bertz CT molecular complexity index is 888. The van der Waals surface area contributed by atoms with Gasteiger partial charge in [-0.1, -0.05) is 0 Å². The molecule has 170 valence electrons. The Labute approximate surface area is 172 Å². The monoisotopic (exact) mass is 474 g/mol. The molecular weight excluding hydrogens is 452 g/mol. The molecule has 0 aliphatic carbocycles. The van der Waals surface area contributed by atoms with Gasteiger partial charge in [-0.25, -0.2) is 34.4 Å². The van der Waals surface area contributed by atoms with Crippen molar-refractivity contribution in [2.75, 3.05) is 24.7 Å². The molecule has 2 atom stereocenters. The van der Waals surface area contributed by atoms with E-state index in [0.29, 0.717) is 38.9 Å². The van der Waals surface area contributed by atoms with Crippen LogP contribution in [-0.4, -0.2) is 53.8 Å².